The Morgan fingerprint density at radius 1 is 0.600 bits per heavy atom. The van der Waals surface area contributed by atoms with E-state index in [1.807, 2.05) is 72.8 Å². The van der Waals surface area contributed by atoms with Crippen LogP contribution in [0.3, 0.4) is 0 Å². The van der Waals surface area contributed by atoms with E-state index in [1.54, 1.807) is 37.1 Å². The zero-order valence-corrected chi connectivity index (χ0v) is 21.6. The predicted molar refractivity (Wildman–Crippen MR) is 141 cm³/mol. The summed E-state index contributed by atoms with van der Waals surface area (Å²) in [6.45, 7) is 0. The Labute approximate surface area is 229 Å². The first-order chi connectivity index (χ1) is 16.7. The van der Waals surface area contributed by atoms with Gasteiger partial charge in [0.15, 0.2) is 0 Å². The molecule has 0 saturated heterocycles. The van der Waals surface area contributed by atoms with Gasteiger partial charge in [0.2, 0.25) is 0 Å². The van der Waals surface area contributed by atoms with Gasteiger partial charge in [-0.3, -0.25) is 0 Å². The number of hydrazone groups is 2. The number of rotatable bonds is 10. The first kappa shape index (κ1) is 28.1. The molecule has 11 heteroatoms. The van der Waals surface area contributed by atoms with E-state index in [9.17, 15) is 0 Å². The van der Waals surface area contributed by atoms with Gasteiger partial charge in [-0.15, -0.1) is 0 Å². The summed E-state index contributed by atoms with van der Waals surface area (Å²) in [5, 5.41) is 14.1. The molecule has 2 unspecified atom stereocenters. The molecular formula is C24H24N6O2PdS2. The van der Waals surface area contributed by atoms with E-state index in [2.05, 4.69) is 31.7 Å². The van der Waals surface area contributed by atoms with Crippen molar-refractivity contribution in [1.29, 1.82) is 0 Å². The SMILES string of the molecule is [Pd+2].[S-]C(N/N=C\c1ccco1)Nc1ccccc1.[S-]C(N/N=C\c1ccco1)Nc1ccccc1. The second-order valence-corrected chi connectivity index (χ2v) is 7.53. The van der Waals surface area contributed by atoms with Crippen LogP contribution in [0.25, 0.3) is 0 Å². The molecule has 0 aliphatic heterocycles. The molecule has 0 aliphatic rings. The summed E-state index contributed by atoms with van der Waals surface area (Å²) in [6.07, 6.45) is 6.33. The molecule has 0 amide bonds. The van der Waals surface area contributed by atoms with Crippen LogP contribution in [0.5, 0.6) is 0 Å². The molecule has 0 fully saturated rings. The summed E-state index contributed by atoms with van der Waals surface area (Å²) in [5.41, 5.74) is 6.73. The third-order valence-electron chi connectivity index (χ3n) is 4.00. The molecule has 184 valence electrons. The molecule has 0 saturated carbocycles. The zero-order chi connectivity index (χ0) is 23.8. The molecule has 4 rings (SSSR count). The first-order valence-electron chi connectivity index (χ1n) is 10.3. The monoisotopic (exact) mass is 598 g/mol. The van der Waals surface area contributed by atoms with Gasteiger partial charge in [0.1, 0.15) is 11.5 Å². The fraction of sp³-hybridized carbons (Fsp3) is 0.0833. The summed E-state index contributed by atoms with van der Waals surface area (Å²) in [5.74, 6) is 1.36. The number of benzene rings is 2. The van der Waals surface area contributed by atoms with Crippen LogP contribution < -0.4 is 21.5 Å². The van der Waals surface area contributed by atoms with Crippen LogP contribution in [0, 0.1) is 0 Å². The smallest absolute Gasteiger partial charge is 0.745 e. The van der Waals surface area contributed by atoms with Crippen molar-refractivity contribution in [2.24, 2.45) is 10.2 Å². The minimum Gasteiger partial charge on any atom is -0.745 e. The molecule has 8 nitrogen and oxygen atoms in total. The van der Waals surface area contributed by atoms with E-state index in [-0.39, 0.29) is 31.4 Å². The minimum absolute atomic E-state index is 0. The molecule has 0 aliphatic carbocycles. The van der Waals surface area contributed by atoms with Crippen LogP contribution in [-0.2, 0) is 45.7 Å². The quantitative estimate of drug-likeness (QED) is 0.0706. The average molecular weight is 599 g/mol. The molecule has 2 aromatic heterocycles. The summed E-state index contributed by atoms with van der Waals surface area (Å²) >= 11 is 10.3. The van der Waals surface area contributed by atoms with Crippen molar-refractivity contribution < 1.29 is 29.3 Å². The molecule has 0 radical (unpaired) electrons. The third-order valence-corrected chi connectivity index (χ3v) is 4.44. The number of anilines is 2. The molecule has 2 aromatic carbocycles. The number of nitrogens with one attached hydrogen (secondary N) is 4. The standard InChI is InChI=1S/2C12H13N3OS.Pd/c2*17-12(14-10-5-2-1-3-6-10)15-13-9-11-7-4-8-16-11;/h2*1-9,12,14-15,17H;/q;;+2/p-2/b2*13-9-;. The second kappa shape index (κ2) is 16.5. The Morgan fingerprint density at radius 2 is 1.00 bits per heavy atom. The van der Waals surface area contributed by atoms with Gasteiger partial charge >= 0.3 is 20.4 Å². The van der Waals surface area contributed by atoms with Gasteiger partial charge in [0, 0.05) is 11.4 Å². The largest absolute Gasteiger partial charge is 2.00 e. The van der Waals surface area contributed by atoms with Gasteiger partial charge in [-0.05, 0) is 59.5 Å². The Morgan fingerprint density at radius 3 is 1.34 bits per heavy atom. The Kier molecular flexibility index (Phi) is 13.3. The van der Waals surface area contributed by atoms with E-state index < -0.39 is 0 Å². The van der Waals surface area contributed by atoms with Crippen LogP contribution in [0.15, 0.2) is 116 Å². The fourth-order valence-electron chi connectivity index (χ4n) is 2.50. The van der Waals surface area contributed by atoms with E-state index in [1.165, 1.54) is 0 Å². The summed E-state index contributed by atoms with van der Waals surface area (Å²) < 4.78 is 10.2. The molecule has 2 atom stereocenters. The normalized spacial score (nSPS) is 12.2. The van der Waals surface area contributed by atoms with Crippen molar-refractivity contribution in [2.45, 2.75) is 11.0 Å². The zero-order valence-electron chi connectivity index (χ0n) is 18.4. The summed E-state index contributed by atoms with van der Waals surface area (Å²) in [4.78, 5) is 0. The molecule has 0 spiro atoms. The van der Waals surface area contributed by atoms with Crippen LogP contribution in [-0.4, -0.2) is 23.4 Å². The van der Waals surface area contributed by atoms with Gasteiger partial charge < -0.3 is 55.6 Å². The van der Waals surface area contributed by atoms with Gasteiger partial charge in [-0.1, -0.05) is 36.4 Å². The van der Waals surface area contributed by atoms with Crippen molar-refractivity contribution in [1.82, 2.24) is 10.9 Å². The third kappa shape index (κ3) is 11.7. The number of hydrogen-bond donors (Lipinski definition) is 4. The van der Waals surface area contributed by atoms with Crippen molar-refractivity contribution in [3.05, 3.63) is 109 Å². The Bertz CT molecular complexity index is 1010. The summed E-state index contributed by atoms with van der Waals surface area (Å²) in [6, 6.07) is 26.7. The van der Waals surface area contributed by atoms with Gasteiger partial charge in [-0.2, -0.15) is 10.2 Å². The second-order valence-electron chi connectivity index (χ2n) is 6.59. The van der Waals surface area contributed by atoms with Crippen molar-refractivity contribution in [2.75, 3.05) is 10.6 Å². The molecule has 0 bridgehead atoms. The molecule has 2 heterocycles. The first-order valence-corrected chi connectivity index (χ1v) is 11.2. The number of furan rings is 2. The maximum atomic E-state index is 5.15. The van der Waals surface area contributed by atoms with Crippen molar-refractivity contribution in [3.8, 4) is 0 Å². The van der Waals surface area contributed by atoms with E-state index in [0.29, 0.717) is 11.5 Å². The van der Waals surface area contributed by atoms with E-state index >= 15 is 0 Å². The van der Waals surface area contributed by atoms with Crippen LogP contribution in [0.4, 0.5) is 11.4 Å². The van der Waals surface area contributed by atoms with Gasteiger partial charge in [0.05, 0.1) is 25.0 Å². The minimum atomic E-state index is -0.372. The van der Waals surface area contributed by atoms with Crippen LogP contribution >= 0.6 is 0 Å². The fourth-order valence-corrected chi connectivity index (χ4v) is 2.90. The Hall–Kier alpha value is -3.10. The van der Waals surface area contributed by atoms with Gasteiger partial charge in [0.25, 0.3) is 0 Å². The van der Waals surface area contributed by atoms with E-state index in [0.717, 1.165) is 11.4 Å². The number of hydrogen-bond acceptors (Lipinski definition) is 10. The van der Waals surface area contributed by atoms with E-state index in [4.69, 9.17) is 34.1 Å². The molecular weight excluding hydrogens is 575 g/mol. The van der Waals surface area contributed by atoms with Gasteiger partial charge in [-0.25, -0.2) is 0 Å². The topological polar surface area (TPSA) is 99.1 Å². The van der Waals surface area contributed by atoms with Crippen LogP contribution in [0.1, 0.15) is 11.5 Å². The molecule has 35 heavy (non-hydrogen) atoms. The number of nitrogens with zero attached hydrogens (tertiary/aromatic N) is 2. The predicted octanol–water partition coefficient (Wildman–Crippen LogP) is 4.29. The molecule has 4 aromatic rings. The Balaban J connectivity index is 0.000000240. The van der Waals surface area contributed by atoms with Crippen molar-refractivity contribution >= 4 is 49.1 Å². The average Bonchev–Trinajstić information content (AvgIpc) is 3.56. The summed E-state index contributed by atoms with van der Waals surface area (Å²) in [7, 11) is 0. The van der Waals surface area contributed by atoms with Crippen LogP contribution in [0.2, 0.25) is 0 Å². The maximum absolute atomic E-state index is 5.15. The maximum Gasteiger partial charge on any atom is 2.00 e. The number of para-hydroxylation sites is 2. The van der Waals surface area contributed by atoms with Crippen molar-refractivity contribution in [3.63, 3.8) is 0 Å². The molecule has 4 N–H and O–H groups in total.